The molecule has 0 heterocycles. The topological polar surface area (TPSA) is 64.3 Å². The van der Waals surface area contributed by atoms with Gasteiger partial charge in [-0.05, 0) is 12.0 Å². The van der Waals surface area contributed by atoms with Crippen LogP contribution in [0.1, 0.15) is 31.2 Å². The summed E-state index contributed by atoms with van der Waals surface area (Å²) in [6.45, 7) is 2.83. The van der Waals surface area contributed by atoms with Gasteiger partial charge in [0.25, 0.3) is 0 Å². The smallest absolute Gasteiger partial charge is 0.244 e. The average molecular weight is 260 g/mol. The SMILES string of the molecule is CCCCN(CCO)C(=O)C(C#N)c1ccccc1. The third kappa shape index (κ3) is 4.38. The molecule has 19 heavy (non-hydrogen) atoms. The molecule has 4 nitrogen and oxygen atoms in total. The molecule has 0 saturated carbocycles. The van der Waals surface area contributed by atoms with Gasteiger partial charge in [0.15, 0.2) is 0 Å². The molecule has 0 aliphatic rings. The van der Waals surface area contributed by atoms with Gasteiger partial charge in [-0.1, -0.05) is 43.7 Å². The van der Waals surface area contributed by atoms with Crippen LogP contribution in [0.3, 0.4) is 0 Å². The van der Waals surface area contributed by atoms with Gasteiger partial charge in [0, 0.05) is 13.1 Å². The number of hydrogen-bond donors (Lipinski definition) is 1. The average Bonchev–Trinajstić information content (AvgIpc) is 2.45. The molecular formula is C15H20N2O2. The molecule has 1 aromatic rings. The fourth-order valence-corrected chi connectivity index (χ4v) is 1.90. The first-order valence-electron chi connectivity index (χ1n) is 6.58. The molecule has 0 fully saturated rings. The van der Waals surface area contributed by atoms with Crippen LogP contribution in [0, 0.1) is 11.3 Å². The highest BCUT2D eigenvalue weighted by molar-refractivity contribution is 5.86. The Morgan fingerprint density at radius 1 is 1.37 bits per heavy atom. The summed E-state index contributed by atoms with van der Waals surface area (Å²) < 4.78 is 0. The number of nitriles is 1. The van der Waals surface area contributed by atoms with Crippen molar-refractivity contribution in [2.75, 3.05) is 19.7 Å². The Labute approximate surface area is 114 Å². The van der Waals surface area contributed by atoms with Crippen molar-refractivity contribution in [1.29, 1.82) is 5.26 Å². The fourth-order valence-electron chi connectivity index (χ4n) is 1.90. The van der Waals surface area contributed by atoms with Crippen molar-refractivity contribution in [3.05, 3.63) is 35.9 Å². The van der Waals surface area contributed by atoms with E-state index in [2.05, 4.69) is 6.07 Å². The summed E-state index contributed by atoms with van der Waals surface area (Å²) in [7, 11) is 0. The molecule has 0 bridgehead atoms. The van der Waals surface area contributed by atoms with Gasteiger partial charge in [-0.2, -0.15) is 5.26 Å². The predicted molar refractivity (Wildman–Crippen MR) is 73.4 cm³/mol. The van der Waals surface area contributed by atoms with E-state index in [4.69, 9.17) is 5.11 Å². The highest BCUT2D eigenvalue weighted by Crippen LogP contribution is 2.17. The zero-order valence-corrected chi connectivity index (χ0v) is 11.2. The monoisotopic (exact) mass is 260 g/mol. The van der Waals surface area contributed by atoms with E-state index < -0.39 is 5.92 Å². The van der Waals surface area contributed by atoms with Crippen molar-refractivity contribution in [3.8, 4) is 6.07 Å². The van der Waals surface area contributed by atoms with Crippen LogP contribution in [0.5, 0.6) is 0 Å². The van der Waals surface area contributed by atoms with Gasteiger partial charge in [-0.3, -0.25) is 4.79 Å². The second-order valence-electron chi connectivity index (χ2n) is 4.38. The summed E-state index contributed by atoms with van der Waals surface area (Å²) in [6, 6.07) is 11.1. The molecule has 0 aliphatic heterocycles. The Bertz CT molecular complexity index is 426. The standard InChI is InChI=1S/C15H20N2O2/c1-2-3-9-17(10-11-18)15(19)14(12-16)13-7-5-4-6-8-13/h4-8,14,18H,2-3,9-11H2,1H3. The van der Waals surface area contributed by atoms with Crippen LogP contribution in [0.4, 0.5) is 0 Å². The number of rotatable bonds is 7. The van der Waals surface area contributed by atoms with E-state index >= 15 is 0 Å². The van der Waals surface area contributed by atoms with Crippen LogP contribution in [0.15, 0.2) is 30.3 Å². The van der Waals surface area contributed by atoms with E-state index in [1.54, 1.807) is 17.0 Å². The summed E-state index contributed by atoms with van der Waals surface area (Å²) in [5.41, 5.74) is 0.703. The van der Waals surface area contributed by atoms with E-state index in [1.165, 1.54) is 0 Å². The molecule has 1 rings (SSSR count). The van der Waals surface area contributed by atoms with Crippen molar-refractivity contribution in [2.24, 2.45) is 0 Å². The first-order chi connectivity index (χ1) is 9.24. The number of aliphatic hydroxyl groups is 1. The van der Waals surface area contributed by atoms with Crippen molar-refractivity contribution in [3.63, 3.8) is 0 Å². The Hall–Kier alpha value is -1.86. The Morgan fingerprint density at radius 3 is 2.58 bits per heavy atom. The molecule has 0 radical (unpaired) electrons. The van der Waals surface area contributed by atoms with E-state index in [0.717, 1.165) is 12.8 Å². The van der Waals surface area contributed by atoms with Crippen LogP contribution in [-0.2, 0) is 4.79 Å². The second-order valence-corrected chi connectivity index (χ2v) is 4.38. The summed E-state index contributed by atoms with van der Waals surface area (Å²) in [5.74, 6) is -1.01. The van der Waals surface area contributed by atoms with Crippen LogP contribution in [0.25, 0.3) is 0 Å². The van der Waals surface area contributed by atoms with Gasteiger partial charge >= 0.3 is 0 Å². The molecule has 1 unspecified atom stereocenters. The maximum absolute atomic E-state index is 12.4. The van der Waals surface area contributed by atoms with E-state index in [-0.39, 0.29) is 19.1 Å². The van der Waals surface area contributed by atoms with Crippen LogP contribution >= 0.6 is 0 Å². The molecule has 4 heteroatoms. The van der Waals surface area contributed by atoms with Gasteiger partial charge in [-0.15, -0.1) is 0 Å². The van der Waals surface area contributed by atoms with Gasteiger partial charge in [0.05, 0.1) is 12.7 Å². The largest absolute Gasteiger partial charge is 0.395 e. The summed E-state index contributed by atoms with van der Waals surface area (Å²) in [4.78, 5) is 13.9. The number of carbonyl (C=O) groups excluding carboxylic acids is 1. The zero-order chi connectivity index (χ0) is 14.1. The molecule has 0 spiro atoms. The minimum Gasteiger partial charge on any atom is -0.395 e. The predicted octanol–water partition coefficient (Wildman–Crippen LogP) is 1.91. The first kappa shape index (κ1) is 15.2. The number of amides is 1. The molecule has 1 aromatic carbocycles. The first-order valence-corrected chi connectivity index (χ1v) is 6.58. The zero-order valence-electron chi connectivity index (χ0n) is 11.2. The van der Waals surface area contributed by atoms with Gasteiger partial charge in [0.1, 0.15) is 5.92 Å². The Balaban J connectivity index is 2.84. The molecule has 102 valence electrons. The third-order valence-corrected chi connectivity index (χ3v) is 2.97. The highest BCUT2D eigenvalue weighted by atomic mass is 16.3. The molecule has 0 aliphatic carbocycles. The molecule has 0 saturated heterocycles. The van der Waals surface area contributed by atoms with Crippen molar-refractivity contribution in [2.45, 2.75) is 25.7 Å². The fraction of sp³-hybridized carbons (Fsp3) is 0.467. The quantitative estimate of drug-likeness (QED) is 0.814. The Morgan fingerprint density at radius 2 is 2.05 bits per heavy atom. The summed E-state index contributed by atoms with van der Waals surface area (Å²) >= 11 is 0. The molecule has 1 N–H and O–H groups in total. The maximum Gasteiger partial charge on any atom is 0.244 e. The van der Waals surface area contributed by atoms with Gasteiger partial charge < -0.3 is 10.0 Å². The number of unbranched alkanes of at least 4 members (excludes halogenated alkanes) is 1. The summed E-state index contributed by atoms with van der Waals surface area (Å²) in [5, 5.41) is 18.3. The van der Waals surface area contributed by atoms with Crippen molar-refractivity contribution in [1.82, 2.24) is 4.90 Å². The minimum absolute atomic E-state index is 0.0810. The lowest BCUT2D eigenvalue weighted by atomic mass is 9.99. The van der Waals surface area contributed by atoms with Crippen LogP contribution in [-0.4, -0.2) is 35.6 Å². The molecule has 0 aromatic heterocycles. The number of benzene rings is 1. The molecule has 1 atom stereocenters. The number of nitrogens with zero attached hydrogens (tertiary/aromatic N) is 2. The lowest BCUT2D eigenvalue weighted by Crippen LogP contribution is -2.37. The van der Waals surface area contributed by atoms with E-state index in [1.807, 2.05) is 25.1 Å². The Kier molecular flexibility index (Phi) is 6.62. The third-order valence-electron chi connectivity index (χ3n) is 2.97. The van der Waals surface area contributed by atoms with Gasteiger partial charge in [-0.25, -0.2) is 0 Å². The minimum atomic E-state index is -0.787. The normalized spacial score (nSPS) is 11.6. The van der Waals surface area contributed by atoms with Crippen molar-refractivity contribution >= 4 is 5.91 Å². The maximum atomic E-state index is 12.4. The second kappa shape index (κ2) is 8.28. The highest BCUT2D eigenvalue weighted by Gasteiger charge is 2.24. The lowest BCUT2D eigenvalue weighted by Gasteiger charge is -2.24. The van der Waals surface area contributed by atoms with Crippen LogP contribution in [0.2, 0.25) is 0 Å². The number of carbonyl (C=O) groups is 1. The lowest BCUT2D eigenvalue weighted by molar-refractivity contribution is -0.132. The van der Waals surface area contributed by atoms with Crippen LogP contribution < -0.4 is 0 Å². The molecule has 1 amide bonds. The van der Waals surface area contributed by atoms with E-state index in [0.29, 0.717) is 12.1 Å². The van der Waals surface area contributed by atoms with Crippen molar-refractivity contribution < 1.29 is 9.90 Å². The van der Waals surface area contributed by atoms with Gasteiger partial charge in [0.2, 0.25) is 5.91 Å². The van der Waals surface area contributed by atoms with E-state index in [9.17, 15) is 10.1 Å². The number of hydrogen-bond acceptors (Lipinski definition) is 3. The molecular weight excluding hydrogens is 240 g/mol. The number of aliphatic hydroxyl groups excluding tert-OH is 1. The summed E-state index contributed by atoms with van der Waals surface area (Å²) in [6.07, 6.45) is 1.84.